The Morgan fingerprint density at radius 1 is 1.38 bits per heavy atom. The zero-order valence-electron chi connectivity index (χ0n) is 9.81. The highest BCUT2D eigenvalue weighted by molar-refractivity contribution is 5.46. The van der Waals surface area contributed by atoms with Gasteiger partial charge in [0.1, 0.15) is 5.75 Å². The van der Waals surface area contributed by atoms with E-state index < -0.39 is 5.92 Å². The minimum Gasteiger partial charge on any atom is -0.496 e. The molecule has 2 N–H and O–H groups in total. The summed E-state index contributed by atoms with van der Waals surface area (Å²) < 4.78 is 31.9. The number of methoxy groups -OCH3 is 1. The molecule has 0 aliphatic carbocycles. The summed E-state index contributed by atoms with van der Waals surface area (Å²) in [4.78, 5) is 0. The standard InChI is InChI=1S/C12H17F2NO/c1-8-6-9(4-5-15)11(16-3)10(7-8)12(2,13)14/h6-7H,4-5,15H2,1-3H3. The summed E-state index contributed by atoms with van der Waals surface area (Å²) in [5.41, 5.74) is 6.91. The van der Waals surface area contributed by atoms with E-state index in [4.69, 9.17) is 10.5 Å². The Balaban J connectivity index is 3.36. The van der Waals surface area contributed by atoms with Gasteiger partial charge in [-0.3, -0.25) is 0 Å². The molecule has 0 aliphatic heterocycles. The van der Waals surface area contributed by atoms with E-state index in [1.54, 1.807) is 6.92 Å². The highest BCUT2D eigenvalue weighted by Gasteiger charge is 2.30. The molecule has 16 heavy (non-hydrogen) atoms. The van der Waals surface area contributed by atoms with E-state index in [-0.39, 0.29) is 11.3 Å². The number of halogens is 2. The van der Waals surface area contributed by atoms with Gasteiger partial charge in [0.05, 0.1) is 12.7 Å². The molecule has 0 bridgehead atoms. The number of nitrogens with two attached hydrogens (primary N) is 1. The molecule has 1 rings (SSSR count). The third-order valence-corrected chi connectivity index (χ3v) is 2.40. The number of ether oxygens (including phenoxy) is 1. The molecule has 1 aromatic carbocycles. The first-order valence-electron chi connectivity index (χ1n) is 5.16. The summed E-state index contributed by atoms with van der Waals surface area (Å²) in [7, 11) is 1.40. The van der Waals surface area contributed by atoms with E-state index in [0.29, 0.717) is 13.0 Å². The van der Waals surface area contributed by atoms with Crippen LogP contribution >= 0.6 is 0 Å². The fourth-order valence-corrected chi connectivity index (χ4v) is 1.76. The lowest BCUT2D eigenvalue weighted by atomic mass is 9.99. The van der Waals surface area contributed by atoms with Crippen LogP contribution in [-0.2, 0) is 12.3 Å². The van der Waals surface area contributed by atoms with Crippen molar-refractivity contribution in [1.29, 1.82) is 0 Å². The van der Waals surface area contributed by atoms with Crippen LogP contribution in [0.15, 0.2) is 12.1 Å². The van der Waals surface area contributed by atoms with Gasteiger partial charge in [0.2, 0.25) is 0 Å². The van der Waals surface area contributed by atoms with Crippen molar-refractivity contribution in [2.45, 2.75) is 26.2 Å². The number of benzene rings is 1. The number of aryl methyl sites for hydroxylation is 1. The molecule has 1 aromatic rings. The van der Waals surface area contributed by atoms with E-state index in [1.807, 2.05) is 6.07 Å². The van der Waals surface area contributed by atoms with Crippen molar-refractivity contribution in [2.24, 2.45) is 5.73 Å². The zero-order chi connectivity index (χ0) is 12.3. The maximum Gasteiger partial charge on any atom is 0.274 e. The summed E-state index contributed by atoms with van der Waals surface area (Å²) in [6.07, 6.45) is 0.536. The van der Waals surface area contributed by atoms with Crippen molar-refractivity contribution < 1.29 is 13.5 Å². The second-order valence-corrected chi connectivity index (χ2v) is 3.93. The molecular weight excluding hydrogens is 212 g/mol. The molecule has 0 atom stereocenters. The lowest BCUT2D eigenvalue weighted by Crippen LogP contribution is -2.13. The molecule has 0 radical (unpaired) electrons. The van der Waals surface area contributed by atoms with Crippen LogP contribution in [0.2, 0.25) is 0 Å². The lowest BCUT2D eigenvalue weighted by molar-refractivity contribution is 0.0149. The molecule has 0 fully saturated rings. The smallest absolute Gasteiger partial charge is 0.274 e. The van der Waals surface area contributed by atoms with Crippen LogP contribution in [0.4, 0.5) is 8.78 Å². The van der Waals surface area contributed by atoms with E-state index in [9.17, 15) is 8.78 Å². The van der Waals surface area contributed by atoms with Crippen molar-refractivity contribution in [3.05, 3.63) is 28.8 Å². The second kappa shape index (κ2) is 4.78. The number of hydrogen-bond acceptors (Lipinski definition) is 2. The molecule has 0 unspecified atom stereocenters. The van der Waals surface area contributed by atoms with Gasteiger partial charge in [0.15, 0.2) is 0 Å². The van der Waals surface area contributed by atoms with Crippen LogP contribution in [0.5, 0.6) is 5.75 Å². The van der Waals surface area contributed by atoms with Gasteiger partial charge in [-0.05, 0) is 31.5 Å². The van der Waals surface area contributed by atoms with Gasteiger partial charge in [-0.2, -0.15) is 0 Å². The van der Waals surface area contributed by atoms with Crippen LogP contribution < -0.4 is 10.5 Å². The largest absolute Gasteiger partial charge is 0.496 e. The Morgan fingerprint density at radius 2 is 2.00 bits per heavy atom. The van der Waals surface area contributed by atoms with Crippen molar-refractivity contribution in [3.63, 3.8) is 0 Å². The first-order valence-corrected chi connectivity index (χ1v) is 5.16. The second-order valence-electron chi connectivity index (χ2n) is 3.93. The van der Waals surface area contributed by atoms with E-state index in [2.05, 4.69) is 0 Å². The van der Waals surface area contributed by atoms with Crippen molar-refractivity contribution >= 4 is 0 Å². The number of rotatable bonds is 4. The molecule has 0 aromatic heterocycles. The summed E-state index contributed by atoms with van der Waals surface area (Å²) in [5.74, 6) is -2.65. The first kappa shape index (κ1) is 12.9. The predicted octanol–water partition coefficient (Wildman–Crippen LogP) is 2.62. The maximum absolute atomic E-state index is 13.4. The minimum atomic E-state index is -2.90. The van der Waals surface area contributed by atoms with Crippen LogP contribution in [0.1, 0.15) is 23.6 Å². The van der Waals surface area contributed by atoms with Gasteiger partial charge in [-0.15, -0.1) is 0 Å². The van der Waals surface area contributed by atoms with Crippen LogP contribution in [-0.4, -0.2) is 13.7 Å². The molecule has 0 heterocycles. The molecule has 0 amide bonds. The average Bonchev–Trinajstić information content (AvgIpc) is 2.16. The number of alkyl halides is 2. The third-order valence-electron chi connectivity index (χ3n) is 2.40. The van der Waals surface area contributed by atoms with Gasteiger partial charge in [-0.1, -0.05) is 11.6 Å². The van der Waals surface area contributed by atoms with Crippen molar-refractivity contribution in [3.8, 4) is 5.75 Å². The van der Waals surface area contributed by atoms with E-state index >= 15 is 0 Å². The third kappa shape index (κ3) is 2.70. The quantitative estimate of drug-likeness (QED) is 0.861. The Labute approximate surface area is 94.4 Å². The monoisotopic (exact) mass is 229 g/mol. The predicted molar refractivity (Wildman–Crippen MR) is 60.1 cm³/mol. The van der Waals surface area contributed by atoms with Gasteiger partial charge >= 0.3 is 0 Å². The highest BCUT2D eigenvalue weighted by atomic mass is 19.3. The molecule has 4 heteroatoms. The summed E-state index contributed by atoms with van der Waals surface area (Å²) >= 11 is 0. The lowest BCUT2D eigenvalue weighted by Gasteiger charge is -2.19. The Bertz CT molecular complexity index is 372. The fraction of sp³-hybridized carbons (Fsp3) is 0.500. The molecule has 0 saturated heterocycles. The molecule has 0 saturated carbocycles. The molecule has 0 aliphatic rings. The van der Waals surface area contributed by atoms with Crippen LogP contribution in [0, 0.1) is 6.92 Å². The topological polar surface area (TPSA) is 35.2 Å². The molecule has 0 spiro atoms. The highest BCUT2D eigenvalue weighted by Crippen LogP contribution is 2.37. The van der Waals surface area contributed by atoms with Gasteiger partial charge in [0.25, 0.3) is 5.92 Å². The van der Waals surface area contributed by atoms with Crippen LogP contribution in [0.3, 0.4) is 0 Å². The molecular formula is C12H17F2NO. The Hall–Kier alpha value is -1.16. The molecule has 90 valence electrons. The summed E-state index contributed by atoms with van der Waals surface area (Å²) in [5, 5.41) is 0. The van der Waals surface area contributed by atoms with Crippen molar-refractivity contribution in [2.75, 3.05) is 13.7 Å². The number of hydrogen-bond donors (Lipinski definition) is 1. The molecule has 2 nitrogen and oxygen atoms in total. The maximum atomic E-state index is 13.4. The van der Waals surface area contributed by atoms with Gasteiger partial charge in [0, 0.05) is 6.92 Å². The zero-order valence-corrected chi connectivity index (χ0v) is 9.81. The SMILES string of the molecule is COc1c(CCN)cc(C)cc1C(C)(F)F. The Kier molecular flexibility index (Phi) is 3.86. The van der Waals surface area contributed by atoms with Gasteiger partial charge in [-0.25, -0.2) is 8.78 Å². The van der Waals surface area contributed by atoms with E-state index in [1.165, 1.54) is 13.2 Å². The van der Waals surface area contributed by atoms with E-state index in [0.717, 1.165) is 18.1 Å². The summed E-state index contributed by atoms with van der Waals surface area (Å²) in [6, 6.07) is 3.29. The van der Waals surface area contributed by atoms with Crippen LogP contribution in [0.25, 0.3) is 0 Å². The fourth-order valence-electron chi connectivity index (χ4n) is 1.76. The summed E-state index contributed by atoms with van der Waals surface area (Å²) in [6.45, 7) is 3.07. The first-order chi connectivity index (χ1) is 7.40. The minimum absolute atomic E-state index is 0.0709. The van der Waals surface area contributed by atoms with Gasteiger partial charge < -0.3 is 10.5 Å². The normalized spacial score (nSPS) is 11.6. The van der Waals surface area contributed by atoms with Crippen molar-refractivity contribution in [1.82, 2.24) is 0 Å². The average molecular weight is 229 g/mol. The Morgan fingerprint density at radius 3 is 2.44 bits per heavy atom.